The molecule has 0 aliphatic carbocycles. The Kier molecular flexibility index (Phi) is 7.47. The minimum atomic E-state index is 0.326. The molecule has 7 nitrogen and oxygen atoms in total. The van der Waals surface area contributed by atoms with Gasteiger partial charge >= 0.3 is 0 Å². The Hall–Kier alpha value is -2.12. The lowest BCUT2D eigenvalue weighted by molar-refractivity contribution is 0.232. The summed E-state index contributed by atoms with van der Waals surface area (Å²) in [4.78, 5) is 11.4. The molecule has 1 fully saturated rings. The van der Waals surface area contributed by atoms with Gasteiger partial charge in [-0.2, -0.15) is 4.98 Å². The van der Waals surface area contributed by atoms with Crippen molar-refractivity contribution in [1.29, 1.82) is 0 Å². The third-order valence-corrected chi connectivity index (χ3v) is 4.67. The second-order valence-electron chi connectivity index (χ2n) is 6.55. The van der Waals surface area contributed by atoms with Crippen LogP contribution in [0.2, 0.25) is 5.02 Å². The highest BCUT2D eigenvalue weighted by molar-refractivity contribution is 6.30. The molecule has 1 aromatic carbocycles. The lowest BCUT2D eigenvalue weighted by atomic mass is 10.1. The monoisotopic (exact) mass is 390 g/mol. The number of halogens is 1. The average molecular weight is 391 g/mol. The third-order valence-electron chi connectivity index (χ3n) is 4.44. The van der Waals surface area contributed by atoms with E-state index in [1.807, 2.05) is 31.2 Å². The number of rotatable bonds is 7. The van der Waals surface area contributed by atoms with Gasteiger partial charge in [0, 0.05) is 30.2 Å². The normalized spacial score (nSPS) is 15.7. The van der Waals surface area contributed by atoms with Gasteiger partial charge < -0.3 is 20.1 Å². The van der Waals surface area contributed by atoms with Crippen molar-refractivity contribution in [1.82, 2.24) is 25.7 Å². The molecule has 1 aromatic heterocycles. The number of nitrogens with one attached hydrogen (secondary N) is 2. The van der Waals surface area contributed by atoms with Crippen LogP contribution in [-0.4, -0.2) is 53.7 Å². The zero-order valence-electron chi connectivity index (χ0n) is 15.7. The first kappa shape index (κ1) is 19.6. The van der Waals surface area contributed by atoms with E-state index in [1.165, 1.54) is 32.4 Å². The molecule has 3 rings (SSSR count). The summed E-state index contributed by atoms with van der Waals surface area (Å²) >= 11 is 6.02. The van der Waals surface area contributed by atoms with Gasteiger partial charge in [-0.3, -0.25) is 0 Å². The predicted molar refractivity (Wildman–Crippen MR) is 108 cm³/mol. The van der Waals surface area contributed by atoms with Crippen molar-refractivity contribution in [2.45, 2.75) is 32.7 Å². The fourth-order valence-corrected chi connectivity index (χ4v) is 3.26. The van der Waals surface area contributed by atoms with Crippen LogP contribution in [0.3, 0.4) is 0 Å². The van der Waals surface area contributed by atoms with Gasteiger partial charge in [-0.1, -0.05) is 35.3 Å². The smallest absolute Gasteiger partial charge is 0.248 e. The largest absolute Gasteiger partial charge is 0.357 e. The van der Waals surface area contributed by atoms with Crippen molar-refractivity contribution in [2.75, 3.05) is 32.7 Å². The van der Waals surface area contributed by atoms with Gasteiger partial charge in [0.25, 0.3) is 0 Å². The summed E-state index contributed by atoms with van der Waals surface area (Å²) in [5.74, 6) is 1.75. The van der Waals surface area contributed by atoms with E-state index in [0.717, 1.165) is 31.2 Å². The molecule has 1 aliphatic rings. The standard InChI is InChI=1S/C19H27ClN6O/c1-2-21-19(22-9-12-26-10-4-3-5-11-26)23-14-17-24-18(25-27-17)15-7-6-8-16(20)13-15/h6-8,13H,2-5,9-12,14H2,1H3,(H2,21,22,23). The molecule has 2 N–H and O–H groups in total. The van der Waals surface area contributed by atoms with Crippen LogP contribution in [0.1, 0.15) is 32.1 Å². The van der Waals surface area contributed by atoms with Crippen molar-refractivity contribution in [2.24, 2.45) is 4.99 Å². The minimum absolute atomic E-state index is 0.326. The molecular formula is C19H27ClN6O. The second-order valence-corrected chi connectivity index (χ2v) is 6.98. The van der Waals surface area contributed by atoms with Crippen molar-refractivity contribution in [3.63, 3.8) is 0 Å². The van der Waals surface area contributed by atoms with Crippen LogP contribution < -0.4 is 10.6 Å². The van der Waals surface area contributed by atoms with Crippen LogP contribution in [0, 0.1) is 0 Å². The molecule has 0 unspecified atom stereocenters. The van der Waals surface area contributed by atoms with E-state index in [9.17, 15) is 0 Å². The number of aromatic nitrogens is 2. The summed E-state index contributed by atoms with van der Waals surface area (Å²) in [5.41, 5.74) is 0.827. The summed E-state index contributed by atoms with van der Waals surface area (Å²) in [6.45, 7) is 7.46. The van der Waals surface area contributed by atoms with E-state index >= 15 is 0 Å². The topological polar surface area (TPSA) is 78.6 Å². The average Bonchev–Trinajstić information content (AvgIpc) is 3.16. The zero-order valence-corrected chi connectivity index (χ0v) is 16.5. The molecule has 146 valence electrons. The minimum Gasteiger partial charge on any atom is -0.357 e. The second kappa shape index (κ2) is 10.3. The van der Waals surface area contributed by atoms with Crippen LogP contribution in [0.25, 0.3) is 11.4 Å². The molecule has 0 bridgehead atoms. The van der Waals surface area contributed by atoms with E-state index in [2.05, 4.69) is 30.7 Å². The number of hydrogen-bond acceptors (Lipinski definition) is 5. The summed E-state index contributed by atoms with van der Waals surface area (Å²) in [6.07, 6.45) is 3.97. The maximum atomic E-state index is 6.02. The molecule has 2 aromatic rings. The number of piperidine rings is 1. The number of likely N-dealkylation sites (tertiary alicyclic amines) is 1. The number of benzene rings is 1. The Bertz CT molecular complexity index is 741. The quantitative estimate of drug-likeness (QED) is 0.559. The zero-order chi connectivity index (χ0) is 18.9. The molecule has 27 heavy (non-hydrogen) atoms. The highest BCUT2D eigenvalue weighted by Crippen LogP contribution is 2.20. The molecule has 0 spiro atoms. The fraction of sp³-hybridized carbons (Fsp3) is 0.526. The molecule has 8 heteroatoms. The first-order valence-corrected chi connectivity index (χ1v) is 9.95. The molecule has 1 saturated heterocycles. The third kappa shape index (κ3) is 6.22. The highest BCUT2D eigenvalue weighted by atomic mass is 35.5. The van der Waals surface area contributed by atoms with Gasteiger partial charge in [0.1, 0.15) is 6.54 Å². The van der Waals surface area contributed by atoms with E-state index < -0.39 is 0 Å². The molecular weight excluding hydrogens is 364 g/mol. The Morgan fingerprint density at radius 2 is 2.11 bits per heavy atom. The molecule has 2 heterocycles. The number of aliphatic imine (C=N–C) groups is 1. The van der Waals surface area contributed by atoms with E-state index in [-0.39, 0.29) is 0 Å². The fourth-order valence-electron chi connectivity index (χ4n) is 3.07. The van der Waals surface area contributed by atoms with Crippen molar-refractivity contribution in [3.8, 4) is 11.4 Å². The summed E-state index contributed by atoms with van der Waals surface area (Å²) in [6, 6.07) is 7.39. The number of nitrogens with zero attached hydrogens (tertiary/aromatic N) is 4. The van der Waals surface area contributed by atoms with Crippen LogP contribution in [0.5, 0.6) is 0 Å². The Morgan fingerprint density at radius 1 is 1.26 bits per heavy atom. The first-order valence-electron chi connectivity index (χ1n) is 9.57. The SMILES string of the molecule is CCNC(=NCc1nc(-c2cccc(Cl)c2)no1)NCCN1CCCCC1. The van der Waals surface area contributed by atoms with Gasteiger partial charge in [0.2, 0.25) is 11.7 Å². The van der Waals surface area contributed by atoms with E-state index in [1.54, 1.807) is 0 Å². The first-order chi connectivity index (χ1) is 13.2. The lowest BCUT2D eigenvalue weighted by Crippen LogP contribution is -2.42. The van der Waals surface area contributed by atoms with Gasteiger partial charge in [0.15, 0.2) is 5.96 Å². The Morgan fingerprint density at radius 3 is 2.89 bits per heavy atom. The summed E-state index contributed by atoms with van der Waals surface area (Å²) in [5, 5.41) is 11.3. The van der Waals surface area contributed by atoms with Gasteiger partial charge in [-0.15, -0.1) is 0 Å². The number of guanidine groups is 1. The summed E-state index contributed by atoms with van der Waals surface area (Å²) < 4.78 is 5.31. The number of hydrogen-bond donors (Lipinski definition) is 2. The van der Waals surface area contributed by atoms with Crippen LogP contribution in [0.15, 0.2) is 33.8 Å². The van der Waals surface area contributed by atoms with Crippen LogP contribution in [-0.2, 0) is 6.54 Å². The maximum Gasteiger partial charge on any atom is 0.248 e. The van der Waals surface area contributed by atoms with Crippen molar-refractivity contribution < 1.29 is 4.52 Å². The molecule has 0 atom stereocenters. The van der Waals surface area contributed by atoms with Gasteiger partial charge in [-0.25, -0.2) is 4.99 Å². The molecule has 0 saturated carbocycles. The molecule has 0 amide bonds. The van der Waals surface area contributed by atoms with E-state index in [0.29, 0.717) is 23.3 Å². The lowest BCUT2D eigenvalue weighted by Gasteiger charge is -2.26. The van der Waals surface area contributed by atoms with Gasteiger partial charge in [-0.05, 0) is 45.0 Å². The molecule has 0 radical (unpaired) electrons. The Labute approximate surface area is 165 Å². The van der Waals surface area contributed by atoms with Crippen LogP contribution >= 0.6 is 11.6 Å². The van der Waals surface area contributed by atoms with Crippen LogP contribution in [0.4, 0.5) is 0 Å². The Balaban J connectivity index is 1.53. The van der Waals surface area contributed by atoms with Crippen molar-refractivity contribution in [3.05, 3.63) is 35.2 Å². The summed E-state index contributed by atoms with van der Waals surface area (Å²) in [7, 11) is 0. The maximum absolute atomic E-state index is 6.02. The van der Waals surface area contributed by atoms with Gasteiger partial charge in [0.05, 0.1) is 0 Å². The highest BCUT2D eigenvalue weighted by Gasteiger charge is 2.11. The van der Waals surface area contributed by atoms with Crippen molar-refractivity contribution >= 4 is 17.6 Å². The van der Waals surface area contributed by atoms with E-state index in [4.69, 9.17) is 16.1 Å². The molecule has 1 aliphatic heterocycles. The predicted octanol–water partition coefficient (Wildman–Crippen LogP) is 2.93.